The summed E-state index contributed by atoms with van der Waals surface area (Å²) in [6.45, 7) is 0.763. The largest absolute Gasteiger partial charge is 0.490 e. The van der Waals surface area contributed by atoms with Crippen LogP contribution >= 0.6 is 11.6 Å². The van der Waals surface area contributed by atoms with Crippen molar-refractivity contribution in [3.05, 3.63) is 28.8 Å². The molecule has 26 heavy (non-hydrogen) atoms. The molecule has 1 amide bonds. The van der Waals surface area contributed by atoms with E-state index in [1.54, 1.807) is 25.3 Å². The third-order valence-electron chi connectivity index (χ3n) is 4.37. The maximum absolute atomic E-state index is 12.6. The van der Waals surface area contributed by atoms with Gasteiger partial charge in [-0.25, -0.2) is 4.99 Å². The molecule has 0 bridgehead atoms. The molecule has 0 saturated heterocycles. The molecule has 0 heterocycles. The first-order valence-corrected chi connectivity index (χ1v) is 9.54. The number of aliphatic imine (C=N–C) groups is 1. The molecule has 1 aliphatic rings. The number of nitrogens with zero attached hydrogens (tertiary/aromatic N) is 1. The molecule has 1 saturated carbocycles. The van der Waals surface area contributed by atoms with Crippen LogP contribution in [-0.4, -0.2) is 38.2 Å². The van der Waals surface area contributed by atoms with Crippen molar-refractivity contribution in [2.24, 2.45) is 10.7 Å². The molecular formula is C19H28ClN3O3. The van der Waals surface area contributed by atoms with Gasteiger partial charge in [0.2, 0.25) is 0 Å². The van der Waals surface area contributed by atoms with Crippen molar-refractivity contribution < 1.29 is 14.3 Å². The van der Waals surface area contributed by atoms with Crippen molar-refractivity contribution in [2.75, 3.05) is 20.3 Å². The van der Waals surface area contributed by atoms with Gasteiger partial charge in [-0.15, -0.1) is 0 Å². The number of carbonyl (C=O) groups is 1. The molecule has 3 N–H and O–H groups in total. The van der Waals surface area contributed by atoms with Gasteiger partial charge in [0.25, 0.3) is 5.91 Å². The third-order valence-corrected chi connectivity index (χ3v) is 4.60. The van der Waals surface area contributed by atoms with Gasteiger partial charge in [-0.1, -0.05) is 43.7 Å². The van der Waals surface area contributed by atoms with Gasteiger partial charge >= 0.3 is 0 Å². The summed E-state index contributed by atoms with van der Waals surface area (Å²) in [6, 6.07) is 5.07. The van der Waals surface area contributed by atoms with Crippen LogP contribution in [0.25, 0.3) is 0 Å². The zero-order valence-electron chi connectivity index (χ0n) is 15.3. The van der Waals surface area contributed by atoms with Crippen LogP contribution in [0.4, 0.5) is 0 Å². The number of guanidine groups is 1. The number of halogens is 1. The molecule has 7 heteroatoms. The Balaban J connectivity index is 2.03. The van der Waals surface area contributed by atoms with Crippen molar-refractivity contribution in [3.8, 4) is 5.75 Å². The van der Waals surface area contributed by atoms with Gasteiger partial charge in [0.05, 0.1) is 18.2 Å². The fourth-order valence-corrected chi connectivity index (χ4v) is 3.19. The Morgan fingerprint density at radius 3 is 2.62 bits per heavy atom. The second kappa shape index (κ2) is 11.0. The quantitative estimate of drug-likeness (QED) is 0.448. The number of hydrogen-bond donors (Lipinski definition) is 2. The van der Waals surface area contributed by atoms with Crippen molar-refractivity contribution in [2.45, 2.75) is 51.0 Å². The predicted molar refractivity (Wildman–Crippen MR) is 104 cm³/mol. The van der Waals surface area contributed by atoms with E-state index < -0.39 is 0 Å². The lowest BCUT2D eigenvalue weighted by Gasteiger charge is -2.17. The lowest BCUT2D eigenvalue weighted by molar-refractivity contribution is 0.0968. The van der Waals surface area contributed by atoms with Gasteiger partial charge in [-0.05, 0) is 31.0 Å². The summed E-state index contributed by atoms with van der Waals surface area (Å²) < 4.78 is 10.6. The normalized spacial score (nSPS) is 16.6. The number of carbonyl (C=O) groups excluding carboxylic acids is 1. The fraction of sp³-hybridized carbons (Fsp3) is 0.579. The van der Waals surface area contributed by atoms with Crippen LogP contribution < -0.4 is 15.8 Å². The van der Waals surface area contributed by atoms with Crippen LogP contribution in [0.3, 0.4) is 0 Å². The molecule has 0 unspecified atom stereocenters. The minimum atomic E-state index is -0.382. The number of benzene rings is 1. The first-order chi connectivity index (χ1) is 12.6. The predicted octanol–water partition coefficient (Wildman–Crippen LogP) is 3.52. The van der Waals surface area contributed by atoms with Crippen LogP contribution in [0, 0.1) is 0 Å². The minimum absolute atomic E-state index is 0.142. The maximum atomic E-state index is 12.6. The van der Waals surface area contributed by atoms with Crippen LogP contribution in [0.5, 0.6) is 5.75 Å². The minimum Gasteiger partial charge on any atom is -0.490 e. The first-order valence-electron chi connectivity index (χ1n) is 9.16. The molecule has 0 radical (unpaired) electrons. The summed E-state index contributed by atoms with van der Waals surface area (Å²) in [4.78, 5) is 17.1. The molecule has 144 valence electrons. The molecular weight excluding hydrogens is 354 g/mol. The average molecular weight is 382 g/mol. The summed E-state index contributed by atoms with van der Waals surface area (Å²) in [7, 11) is 1.59. The molecule has 6 nitrogen and oxygen atoms in total. The standard InChI is InChI=1S/C19H28ClN3O3/c1-25-11-12-26-17-10-9-14(20)13-16(17)18(24)23-19(21)22-15-7-5-3-2-4-6-8-15/h9-10,13,15H,2-8,11-12H2,1H3,(H3,21,22,23,24). The summed E-state index contributed by atoms with van der Waals surface area (Å²) in [5, 5.41) is 3.11. The van der Waals surface area contributed by atoms with Crippen molar-refractivity contribution >= 4 is 23.5 Å². The number of ether oxygens (including phenoxy) is 2. The van der Waals surface area contributed by atoms with E-state index in [2.05, 4.69) is 10.3 Å². The van der Waals surface area contributed by atoms with Crippen LogP contribution in [0.1, 0.15) is 55.3 Å². The number of nitrogens with one attached hydrogen (secondary N) is 1. The van der Waals surface area contributed by atoms with E-state index in [9.17, 15) is 4.79 Å². The van der Waals surface area contributed by atoms with Crippen molar-refractivity contribution in [1.82, 2.24) is 5.32 Å². The van der Waals surface area contributed by atoms with Crippen LogP contribution in [0.15, 0.2) is 23.2 Å². The highest BCUT2D eigenvalue weighted by Gasteiger charge is 2.16. The topological polar surface area (TPSA) is 85.9 Å². The SMILES string of the molecule is COCCOc1ccc(Cl)cc1C(=O)NC(N)=NC1CCCCCCC1. The summed E-state index contributed by atoms with van der Waals surface area (Å²) >= 11 is 6.03. The number of amides is 1. The number of rotatable bonds is 6. The Bertz CT molecular complexity index is 614. The molecule has 1 aliphatic carbocycles. The van der Waals surface area contributed by atoms with Gasteiger partial charge in [-0.3, -0.25) is 10.1 Å². The van der Waals surface area contributed by atoms with Gasteiger partial charge in [-0.2, -0.15) is 0 Å². The Hall–Kier alpha value is -1.79. The van der Waals surface area contributed by atoms with E-state index in [-0.39, 0.29) is 17.9 Å². The van der Waals surface area contributed by atoms with E-state index in [1.807, 2.05) is 0 Å². The maximum Gasteiger partial charge on any atom is 0.261 e. The van der Waals surface area contributed by atoms with E-state index in [4.69, 9.17) is 26.8 Å². The molecule has 1 aromatic rings. The molecule has 0 spiro atoms. The highest BCUT2D eigenvalue weighted by molar-refractivity contribution is 6.31. The molecule has 1 fully saturated rings. The number of nitrogens with two attached hydrogens (primary N) is 1. The van der Waals surface area contributed by atoms with Gasteiger partial charge in [0.15, 0.2) is 5.96 Å². The van der Waals surface area contributed by atoms with Crippen molar-refractivity contribution in [3.63, 3.8) is 0 Å². The van der Waals surface area contributed by atoms with E-state index in [0.717, 1.165) is 25.7 Å². The third kappa shape index (κ3) is 6.84. The Morgan fingerprint density at radius 2 is 1.92 bits per heavy atom. The summed E-state index contributed by atoms with van der Waals surface area (Å²) in [6.07, 6.45) is 8.11. The zero-order valence-corrected chi connectivity index (χ0v) is 16.1. The Morgan fingerprint density at radius 1 is 1.23 bits per heavy atom. The molecule has 1 aromatic carbocycles. The molecule has 0 aromatic heterocycles. The second-order valence-electron chi connectivity index (χ2n) is 6.45. The van der Waals surface area contributed by atoms with Gasteiger partial charge in [0.1, 0.15) is 12.4 Å². The summed E-state index contributed by atoms with van der Waals surface area (Å²) in [5.74, 6) is 0.193. The lowest BCUT2D eigenvalue weighted by atomic mass is 9.97. The number of hydrogen-bond acceptors (Lipinski definition) is 4. The molecule has 2 rings (SSSR count). The molecule has 0 atom stereocenters. The average Bonchev–Trinajstić information content (AvgIpc) is 2.58. The monoisotopic (exact) mass is 381 g/mol. The fourth-order valence-electron chi connectivity index (χ4n) is 3.02. The Kier molecular flexibility index (Phi) is 8.71. The highest BCUT2D eigenvalue weighted by Crippen LogP contribution is 2.23. The number of methoxy groups -OCH3 is 1. The second-order valence-corrected chi connectivity index (χ2v) is 6.89. The van der Waals surface area contributed by atoms with Crippen LogP contribution in [-0.2, 0) is 4.74 Å². The zero-order chi connectivity index (χ0) is 18.8. The molecule has 0 aliphatic heterocycles. The van der Waals surface area contributed by atoms with E-state index in [0.29, 0.717) is 29.5 Å². The van der Waals surface area contributed by atoms with Crippen LogP contribution in [0.2, 0.25) is 5.02 Å². The smallest absolute Gasteiger partial charge is 0.261 e. The highest BCUT2D eigenvalue weighted by atomic mass is 35.5. The van der Waals surface area contributed by atoms with Crippen molar-refractivity contribution in [1.29, 1.82) is 0 Å². The summed E-state index contributed by atoms with van der Waals surface area (Å²) in [5.41, 5.74) is 6.29. The Labute approximate surface area is 160 Å². The van der Waals surface area contributed by atoms with E-state index in [1.165, 1.54) is 19.3 Å². The van der Waals surface area contributed by atoms with Gasteiger partial charge < -0.3 is 15.2 Å². The first kappa shape index (κ1) is 20.5. The lowest BCUT2D eigenvalue weighted by Crippen LogP contribution is -2.38. The van der Waals surface area contributed by atoms with Gasteiger partial charge in [0, 0.05) is 12.1 Å². The van der Waals surface area contributed by atoms with E-state index >= 15 is 0 Å².